The van der Waals surface area contributed by atoms with Crippen LogP contribution in [0.2, 0.25) is 0 Å². The highest BCUT2D eigenvalue weighted by Crippen LogP contribution is 2.24. The van der Waals surface area contributed by atoms with Crippen LogP contribution in [0.1, 0.15) is 12.3 Å². The predicted molar refractivity (Wildman–Crippen MR) is 82.8 cm³/mol. The van der Waals surface area contributed by atoms with Gasteiger partial charge in [-0.2, -0.15) is 0 Å². The van der Waals surface area contributed by atoms with Gasteiger partial charge in [0.05, 0.1) is 6.61 Å². The standard InChI is InChI=1S/C16H22FN3O2/c1-12-18-16-14(17)10-13(11-15(16)22-12)21-9-3-4-20-7-5-19(2)6-8-20/h10-11H,3-9H2,1-2H3. The maximum Gasteiger partial charge on any atom is 0.192 e. The molecule has 1 aromatic heterocycles. The summed E-state index contributed by atoms with van der Waals surface area (Å²) in [4.78, 5) is 8.78. The lowest BCUT2D eigenvalue weighted by Crippen LogP contribution is -2.44. The van der Waals surface area contributed by atoms with Gasteiger partial charge < -0.3 is 19.0 Å². The van der Waals surface area contributed by atoms with Crippen molar-refractivity contribution >= 4 is 11.1 Å². The second-order valence-corrected chi connectivity index (χ2v) is 5.83. The third kappa shape index (κ3) is 3.56. The largest absolute Gasteiger partial charge is 0.493 e. The molecular formula is C16H22FN3O2. The van der Waals surface area contributed by atoms with Gasteiger partial charge in [-0.05, 0) is 13.5 Å². The number of oxazole rings is 1. The minimum atomic E-state index is -0.400. The Hall–Kier alpha value is -1.66. The maximum atomic E-state index is 13.9. The molecule has 1 fully saturated rings. The number of likely N-dealkylation sites (N-methyl/N-ethyl adjacent to an activating group) is 1. The first kappa shape index (κ1) is 15.2. The molecule has 1 aromatic carbocycles. The van der Waals surface area contributed by atoms with Crippen LogP contribution in [-0.2, 0) is 0 Å². The number of benzene rings is 1. The Morgan fingerprint density at radius 3 is 2.82 bits per heavy atom. The van der Waals surface area contributed by atoms with E-state index in [9.17, 15) is 4.39 Å². The smallest absolute Gasteiger partial charge is 0.192 e. The van der Waals surface area contributed by atoms with Gasteiger partial charge in [0.2, 0.25) is 0 Å². The summed E-state index contributed by atoms with van der Waals surface area (Å²) in [6, 6.07) is 3.08. The summed E-state index contributed by atoms with van der Waals surface area (Å²) in [6.45, 7) is 7.74. The number of hydrogen-bond donors (Lipinski definition) is 0. The summed E-state index contributed by atoms with van der Waals surface area (Å²) in [5.74, 6) is 0.559. The Labute approximate surface area is 129 Å². The zero-order chi connectivity index (χ0) is 15.5. The molecule has 0 amide bonds. The van der Waals surface area contributed by atoms with Crippen LogP contribution in [0.5, 0.6) is 5.75 Å². The molecule has 0 spiro atoms. The van der Waals surface area contributed by atoms with Gasteiger partial charge in [0.1, 0.15) is 11.3 Å². The minimum Gasteiger partial charge on any atom is -0.493 e. The van der Waals surface area contributed by atoms with Crippen LogP contribution < -0.4 is 4.74 Å². The van der Waals surface area contributed by atoms with E-state index in [1.165, 1.54) is 6.07 Å². The highest BCUT2D eigenvalue weighted by atomic mass is 19.1. The van der Waals surface area contributed by atoms with E-state index in [4.69, 9.17) is 9.15 Å². The molecule has 3 rings (SSSR count). The molecule has 0 unspecified atom stereocenters. The predicted octanol–water partition coefficient (Wildman–Crippen LogP) is 2.29. The Kier molecular flexibility index (Phi) is 4.59. The van der Waals surface area contributed by atoms with Gasteiger partial charge in [-0.1, -0.05) is 0 Å². The van der Waals surface area contributed by atoms with E-state index < -0.39 is 5.82 Å². The van der Waals surface area contributed by atoms with Crippen molar-refractivity contribution in [3.63, 3.8) is 0 Å². The van der Waals surface area contributed by atoms with Crippen molar-refractivity contribution in [2.45, 2.75) is 13.3 Å². The fourth-order valence-corrected chi connectivity index (χ4v) is 2.71. The lowest BCUT2D eigenvalue weighted by atomic mass is 10.3. The Morgan fingerprint density at radius 1 is 1.27 bits per heavy atom. The molecule has 0 saturated carbocycles. The molecule has 5 nitrogen and oxygen atoms in total. The summed E-state index contributed by atoms with van der Waals surface area (Å²) >= 11 is 0. The first-order valence-corrected chi connectivity index (χ1v) is 7.72. The van der Waals surface area contributed by atoms with Crippen LogP contribution in [0.25, 0.3) is 11.1 Å². The van der Waals surface area contributed by atoms with Crippen LogP contribution in [0, 0.1) is 12.7 Å². The van der Waals surface area contributed by atoms with Crippen LogP contribution in [0.15, 0.2) is 16.5 Å². The Morgan fingerprint density at radius 2 is 2.05 bits per heavy atom. The van der Waals surface area contributed by atoms with Crippen LogP contribution in [0.4, 0.5) is 4.39 Å². The van der Waals surface area contributed by atoms with E-state index in [2.05, 4.69) is 21.8 Å². The zero-order valence-corrected chi connectivity index (χ0v) is 13.1. The van der Waals surface area contributed by atoms with Gasteiger partial charge in [-0.25, -0.2) is 9.37 Å². The third-order valence-corrected chi connectivity index (χ3v) is 4.01. The topological polar surface area (TPSA) is 41.7 Å². The second kappa shape index (κ2) is 6.62. The van der Waals surface area contributed by atoms with E-state index in [-0.39, 0.29) is 5.52 Å². The van der Waals surface area contributed by atoms with E-state index in [0.29, 0.717) is 23.8 Å². The van der Waals surface area contributed by atoms with Gasteiger partial charge in [0, 0.05) is 51.8 Å². The molecule has 2 aromatic rings. The molecule has 120 valence electrons. The van der Waals surface area contributed by atoms with Crippen molar-refractivity contribution in [1.29, 1.82) is 0 Å². The summed E-state index contributed by atoms with van der Waals surface area (Å²) in [6.07, 6.45) is 0.929. The van der Waals surface area contributed by atoms with Crippen molar-refractivity contribution < 1.29 is 13.5 Å². The number of rotatable bonds is 5. The lowest BCUT2D eigenvalue weighted by Gasteiger charge is -2.32. The SMILES string of the molecule is Cc1nc2c(F)cc(OCCCN3CCN(C)CC3)cc2o1. The summed E-state index contributed by atoms with van der Waals surface area (Å²) < 4.78 is 24.9. The Bertz CT molecular complexity index is 636. The molecule has 0 atom stereocenters. The number of aromatic nitrogens is 1. The van der Waals surface area contributed by atoms with Gasteiger partial charge in [0.25, 0.3) is 0 Å². The number of hydrogen-bond acceptors (Lipinski definition) is 5. The third-order valence-electron chi connectivity index (χ3n) is 4.01. The molecule has 1 aliphatic heterocycles. The van der Waals surface area contributed by atoms with Gasteiger partial charge in [0.15, 0.2) is 17.3 Å². The number of ether oxygens (including phenoxy) is 1. The monoisotopic (exact) mass is 307 g/mol. The molecule has 1 saturated heterocycles. The molecule has 0 bridgehead atoms. The molecule has 0 aliphatic carbocycles. The quantitative estimate of drug-likeness (QED) is 0.793. The highest BCUT2D eigenvalue weighted by molar-refractivity contribution is 5.75. The zero-order valence-electron chi connectivity index (χ0n) is 13.1. The average Bonchev–Trinajstić information content (AvgIpc) is 2.86. The number of halogens is 1. The van der Waals surface area contributed by atoms with Crippen LogP contribution in [0.3, 0.4) is 0 Å². The normalized spacial score (nSPS) is 17.2. The van der Waals surface area contributed by atoms with Crippen molar-refractivity contribution in [2.24, 2.45) is 0 Å². The van der Waals surface area contributed by atoms with Crippen molar-refractivity contribution in [3.8, 4) is 5.75 Å². The van der Waals surface area contributed by atoms with E-state index in [1.54, 1.807) is 13.0 Å². The minimum absolute atomic E-state index is 0.266. The summed E-state index contributed by atoms with van der Waals surface area (Å²) in [5.41, 5.74) is 0.703. The molecular weight excluding hydrogens is 285 g/mol. The van der Waals surface area contributed by atoms with Gasteiger partial charge in [-0.15, -0.1) is 0 Å². The molecule has 6 heteroatoms. The molecule has 22 heavy (non-hydrogen) atoms. The van der Waals surface area contributed by atoms with E-state index >= 15 is 0 Å². The van der Waals surface area contributed by atoms with Crippen LogP contribution in [-0.4, -0.2) is 61.2 Å². The second-order valence-electron chi connectivity index (χ2n) is 5.83. The average molecular weight is 307 g/mol. The molecule has 0 N–H and O–H groups in total. The van der Waals surface area contributed by atoms with Gasteiger partial charge >= 0.3 is 0 Å². The maximum absolute atomic E-state index is 13.9. The first-order chi connectivity index (χ1) is 10.6. The van der Waals surface area contributed by atoms with Crippen molar-refractivity contribution in [2.75, 3.05) is 46.4 Å². The van der Waals surface area contributed by atoms with E-state index in [1.807, 2.05) is 0 Å². The number of aryl methyl sites for hydroxylation is 1. The first-order valence-electron chi connectivity index (χ1n) is 7.72. The number of fused-ring (bicyclic) bond motifs is 1. The van der Waals surface area contributed by atoms with Crippen molar-refractivity contribution in [3.05, 3.63) is 23.8 Å². The lowest BCUT2D eigenvalue weighted by molar-refractivity contribution is 0.145. The highest BCUT2D eigenvalue weighted by Gasteiger charge is 2.13. The molecule has 1 aliphatic rings. The van der Waals surface area contributed by atoms with Crippen LogP contribution >= 0.6 is 0 Å². The Balaban J connectivity index is 1.49. The summed E-state index contributed by atoms with van der Waals surface area (Å²) in [7, 11) is 2.15. The fourth-order valence-electron chi connectivity index (χ4n) is 2.71. The van der Waals surface area contributed by atoms with Gasteiger partial charge in [-0.3, -0.25) is 0 Å². The number of piperazine rings is 1. The fraction of sp³-hybridized carbons (Fsp3) is 0.562. The summed E-state index contributed by atoms with van der Waals surface area (Å²) in [5, 5.41) is 0. The van der Waals surface area contributed by atoms with Crippen molar-refractivity contribution in [1.82, 2.24) is 14.8 Å². The number of nitrogens with zero attached hydrogens (tertiary/aromatic N) is 3. The molecule has 0 radical (unpaired) electrons. The van der Waals surface area contributed by atoms with E-state index in [0.717, 1.165) is 39.1 Å². The molecule has 2 heterocycles.